The molecule has 0 unspecified atom stereocenters. The van der Waals surface area contributed by atoms with E-state index in [-0.39, 0.29) is 29.8 Å². The van der Waals surface area contributed by atoms with E-state index in [0.717, 1.165) is 0 Å². The summed E-state index contributed by atoms with van der Waals surface area (Å²) in [5.74, 6) is -0.400. The van der Waals surface area contributed by atoms with Crippen molar-refractivity contribution in [2.75, 3.05) is 19.7 Å². The average molecular weight is 478 g/mol. The monoisotopic (exact) mass is 477 g/mol. The molecule has 0 aliphatic carbocycles. The number of halogens is 1. The Bertz CT molecular complexity index is 1260. The molecule has 4 rings (SSSR count). The largest absolute Gasteiger partial charge is 0.494 e. The number of carboxylic acids is 1. The third-order valence-electron chi connectivity index (χ3n) is 5.69. The first-order valence-corrected chi connectivity index (χ1v) is 12.1. The van der Waals surface area contributed by atoms with E-state index in [0.29, 0.717) is 40.5 Å². The van der Waals surface area contributed by atoms with Gasteiger partial charge in [0.1, 0.15) is 5.75 Å². The number of rotatable bonds is 7. The molecule has 1 aliphatic rings. The van der Waals surface area contributed by atoms with E-state index >= 15 is 0 Å². The van der Waals surface area contributed by atoms with Crippen LogP contribution in [0.1, 0.15) is 25.6 Å². The Morgan fingerprint density at radius 1 is 1.22 bits per heavy atom. The van der Waals surface area contributed by atoms with Gasteiger partial charge in [0.15, 0.2) is 0 Å². The molecule has 1 aliphatic heterocycles. The van der Waals surface area contributed by atoms with Crippen molar-refractivity contribution in [2.45, 2.75) is 31.2 Å². The number of carboxylic acid groups (broad SMARTS) is 1. The number of aromatic nitrogens is 2. The summed E-state index contributed by atoms with van der Waals surface area (Å²) in [5.41, 5.74) is 1.13. The SMILES string of the molecule is CCOc1ccc(S(=O)(=O)N2C[C@@H](C)[C@@H](n3nc(CC(=O)O)c4ccc(Cl)cc43)C2)cc1. The maximum absolute atomic E-state index is 13.3. The van der Waals surface area contributed by atoms with Gasteiger partial charge in [-0.25, -0.2) is 8.42 Å². The Morgan fingerprint density at radius 3 is 2.59 bits per heavy atom. The summed E-state index contributed by atoms with van der Waals surface area (Å²) in [7, 11) is -3.70. The lowest BCUT2D eigenvalue weighted by atomic mass is 10.1. The lowest BCUT2D eigenvalue weighted by Gasteiger charge is -2.18. The summed E-state index contributed by atoms with van der Waals surface area (Å²) in [5, 5.41) is 15.0. The third-order valence-corrected chi connectivity index (χ3v) is 7.77. The molecule has 0 amide bonds. The van der Waals surface area contributed by atoms with Gasteiger partial charge in [0.05, 0.1) is 35.2 Å². The predicted molar refractivity (Wildman–Crippen MR) is 121 cm³/mol. The quantitative estimate of drug-likeness (QED) is 0.558. The normalized spacial score (nSPS) is 19.5. The number of carbonyl (C=O) groups is 1. The Labute approximate surface area is 191 Å². The zero-order valence-electron chi connectivity index (χ0n) is 17.7. The topological polar surface area (TPSA) is 102 Å². The highest BCUT2D eigenvalue weighted by molar-refractivity contribution is 7.89. The van der Waals surface area contributed by atoms with Crippen molar-refractivity contribution < 1.29 is 23.1 Å². The molecule has 32 heavy (non-hydrogen) atoms. The fraction of sp³-hybridized carbons (Fsp3) is 0.364. The van der Waals surface area contributed by atoms with Crippen LogP contribution in [0.3, 0.4) is 0 Å². The minimum atomic E-state index is -3.70. The van der Waals surface area contributed by atoms with Gasteiger partial charge in [-0.15, -0.1) is 0 Å². The van der Waals surface area contributed by atoms with Crippen molar-refractivity contribution in [2.24, 2.45) is 5.92 Å². The van der Waals surface area contributed by atoms with Gasteiger partial charge in [0.2, 0.25) is 10.0 Å². The Hall–Kier alpha value is -2.62. The fourth-order valence-electron chi connectivity index (χ4n) is 4.15. The minimum Gasteiger partial charge on any atom is -0.494 e. The van der Waals surface area contributed by atoms with Gasteiger partial charge in [-0.3, -0.25) is 9.48 Å². The number of ether oxygens (including phenoxy) is 1. The predicted octanol–water partition coefficient (Wildman–Crippen LogP) is 3.60. The first-order chi connectivity index (χ1) is 15.2. The molecular formula is C22H24ClN3O5S. The van der Waals surface area contributed by atoms with Crippen LogP contribution >= 0.6 is 11.6 Å². The maximum atomic E-state index is 13.3. The molecule has 3 aromatic rings. The van der Waals surface area contributed by atoms with Crippen molar-refractivity contribution in [3.05, 3.63) is 53.2 Å². The number of hydrogen-bond donors (Lipinski definition) is 1. The molecule has 170 valence electrons. The Balaban J connectivity index is 1.66. The van der Waals surface area contributed by atoms with E-state index in [1.807, 2.05) is 13.8 Å². The van der Waals surface area contributed by atoms with Crippen LogP contribution in [0.4, 0.5) is 0 Å². The van der Waals surface area contributed by atoms with Crippen LogP contribution in [0.5, 0.6) is 5.75 Å². The average Bonchev–Trinajstić information content (AvgIpc) is 3.29. The van der Waals surface area contributed by atoms with E-state index in [1.54, 1.807) is 47.1 Å². The summed E-state index contributed by atoms with van der Waals surface area (Å²) < 4.78 is 35.1. The molecule has 10 heteroatoms. The summed E-state index contributed by atoms with van der Waals surface area (Å²) in [4.78, 5) is 11.5. The molecule has 0 saturated carbocycles. The van der Waals surface area contributed by atoms with E-state index < -0.39 is 16.0 Å². The maximum Gasteiger partial charge on any atom is 0.309 e. The molecule has 1 fully saturated rings. The van der Waals surface area contributed by atoms with Crippen LogP contribution in [0.2, 0.25) is 5.02 Å². The second kappa shape index (κ2) is 8.73. The number of benzene rings is 2. The Morgan fingerprint density at radius 2 is 1.94 bits per heavy atom. The number of fused-ring (bicyclic) bond motifs is 1. The lowest BCUT2D eigenvalue weighted by molar-refractivity contribution is -0.136. The summed E-state index contributed by atoms with van der Waals surface area (Å²) in [6.07, 6.45) is -0.222. The van der Waals surface area contributed by atoms with E-state index in [4.69, 9.17) is 16.3 Å². The number of hydrogen-bond acceptors (Lipinski definition) is 5. The molecule has 1 N–H and O–H groups in total. The number of sulfonamides is 1. The highest BCUT2D eigenvalue weighted by atomic mass is 35.5. The minimum absolute atomic E-state index is 0.0350. The van der Waals surface area contributed by atoms with Gasteiger partial charge in [-0.2, -0.15) is 9.40 Å². The molecule has 2 aromatic carbocycles. The smallest absolute Gasteiger partial charge is 0.309 e. The summed E-state index contributed by atoms with van der Waals surface area (Å²) in [6, 6.07) is 11.3. The number of nitrogens with zero attached hydrogens (tertiary/aromatic N) is 3. The van der Waals surface area contributed by atoms with E-state index in [2.05, 4.69) is 5.10 Å². The van der Waals surface area contributed by atoms with Gasteiger partial charge in [0, 0.05) is 23.5 Å². The van der Waals surface area contributed by atoms with Crippen LogP contribution in [-0.2, 0) is 21.2 Å². The van der Waals surface area contributed by atoms with E-state index in [1.165, 1.54) is 4.31 Å². The van der Waals surface area contributed by atoms with Gasteiger partial charge >= 0.3 is 5.97 Å². The third kappa shape index (κ3) is 4.20. The van der Waals surface area contributed by atoms with Gasteiger partial charge in [-0.1, -0.05) is 18.5 Å². The lowest BCUT2D eigenvalue weighted by Crippen LogP contribution is -2.29. The van der Waals surface area contributed by atoms with Crippen LogP contribution in [0, 0.1) is 5.92 Å². The fourth-order valence-corrected chi connectivity index (χ4v) is 5.87. The molecular weight excluding hydrogens is 454 g/mol. The van der Waals surface area contributed by atoms with Gasteiger partial charge < -0.3 is 9.84 Å². The Kier molecular flexibility index (Phi) is 6.15. The first kappa shape index (κ1) is 22.6. The number of aliphatic carboxylic acids is 1. The standard InChI is InChI=1S/C22H24ClN3O5S/c1-3-31-16-5-7-17(8-6-16)32(29,30)25-12-14(2)21(13-25)26-20-10-15(23)4-9-18(20)19(24-26)11-22(27)28/h4-10,14,21H,3,11-13H2,1-2H3,(H,27,28)/t14-,21+/m1/s1. The molecule has 0 spiro atoms. The zero-order valence-corrected chi connectivity index (χ0v) is 19.3. The summed E-state index contributed by atoms with van der Waals surface area (Å²) in [6.45, 7) is 4.89. The van der Waals surface area contributed by atoms with Crippen LogP contribution in [0.15, 0.2) is 47.4 Å². The molecule has 1 aromatic heterocycles. The van der Waals surface area contributed by atoms with Crippen molar-refractivity contribution >= 4 is 38.5 Å². The van der Waals surface area contributed by atoms with Gasteiger partial charge in [-0.05, 0) is 55.3 Å². The first-order valence-electron chi connectivity index (χ1n) is 10.3. The molecule has 2 atom stereocenters. The van der Waals surface area contributed by atoms with Crippen LogP contribution in [0.25, 0.3) is 10.9 Å². The second-order valence-electron chi connectivity index (χ2n) is 7.89. The molecule has 8 nitrogen and oxygen atoms in total. The second-order valence-corrected chi connectivity index (χ2v) is 10.3. The van der Waals surface area contributed by atoms with Crippen molar-refractivity contribution in [1.29, 1.82) is 0 Å². The van der Waals surface area contributed by atoms with Gasteiger partial charge in [0.25, 0.3) is 0 Å². The van der Waals surface area contributed by atoms with Crippen molar-refractivity contribution in [3.8, 4) is 5.75 Å². The zero-order chi connectivity index (χ0) is 23.0. The molecule has 0 radical (unpaired) electrons. The van der Waals surface area contributed by atoms with Crippen molar-refractivity contribution in [3.63, 3.8) is 0 Å². The molecule has 1 saturated heterocycles. The highest BCUT2D eigenvalue weighted by Crippen LogP contribution is 2.35. The van der Waals surface area contributed by atoms with Crippen molar-refractivity contribution in [1.82, 2.24) is 14.1 Å². The van der Waals surface area contributed by atoms with Crippen LogP contribution in [-0.4, -0.2) is 53.3 Å². The van der Waals surface area contributed by atoms with Crippen LogP contribution < -0.4 is 4.74 Å². The summed E-state index contributed by atoms with van der Waals surface area (Å²) >= 11 is 6.19. The molecule has 0 bridgehead atoms. The van der Waals surface area contributed by atoms with E-state index in [9.17, 15) is 18.3 Å². The highest BCUT2D eigenvalue weighted by Gasteiger charge is 2.39. The molecule has 2 heterocycles.